The maximum atomic E-state index is 10.8. The van der Waals surface area contributed by atoms with Gasteiger partial charge in [-0.1, -0.05) is 6.42 Å². The Morgan fingerprint density at radius 2 is 2.29 bits per heavy atom. The molecule has 1 fully saturated rings. The average molecular weight is 201 g/mol. The van der Waals surface area contributed by atoms with E-state index in [1.807, 2.05) is 0 Å². The molecular weight excluding hydrogens is 182 g/mol. The maximum Gasteiger partial charge on any atom is 0.307 e. The van der Waals surface area contributed by atoms with Crippen LogP contribution in [0, 0.1) is 5.92 Å². The van der Waals surface area contributed by atoms with Crippen LogP contribution < -0.4 is 5.73 Å². The standard InChI is InChI=1S/C10H19NO3/c1-13-10(12)5-6-14-9-4-2-3-8(9)7-11/h8-9H,2-7,11H2,1H3. The fourth-order valence-electron chi connectivity index (χ4n) is 1.89. The first-order valence-electron chi connectivity index (χ1n) is 5.16. The Balaban J connectivity index is 2.14. The van der Waals surface area contributed by atoms with E-state index in [4.69, 9.17) is 10.5 Å². The second-order valence-electron chi connectivity index (χ2n) is 3.66. The van der Waals surface area contributed by atoms with Crippen molar-refractivity contribution in [2.75, 3.05) is 20.3 Å². The van der Waals surface area contributed by atoms with Crippen LogP contribution in [0.5, 0.6) is 0 Å². The number of carbonyl (C=O) groups excluding carboxylic acids is 1. The molecule has 2 atom stereocenters. The van der Waals surface area contributed by atoms with E-state index in [1.54, 1.807) is 0 Å². The molecule has 1 rings (SSSR count). The molecule has 1 saturated carbocycles. The van der Waals surface area contributed by atoms with Crippen LogP contribution in [-0.2, 0) is 14.3 Å². The van der Waals surface area contributed by atoms with Gasteiger partial charge < -0.3 is 15.2 Å². The molecule has 0 aromatic heterocycles. The zero-order valence-electron chi connectivity index (χ0n) is 8.70. The highest BCUT2D eigenvalue weighted by molar-refractivity contribution is 5.69. The predicted molar refractivity (Wildman–Crippen MR) is 52.8 cm³/mol. The van der Waals surface area contributed by atoms with Crippen molar-refractivity contribution in [1.29, 1.82) is 0 Å². The molecule has 4 nitrogen and oxygen atoms in total. The molecule has 0 saturated heterocycles. The van der Waals surface area contributed by atoms with Gasteiger partial charge in [-0.3, -0.25) is 4.79 Å². The van der Waals surface area contributed by atoms with Crippen molar-refractivity contribution >= 4 is 5.97 Å². The van der Waals surface area contributed by atoms with Gasteiger partial charge in [0.15, 0.2) is 0 Å². The van der Waals surface area contributed by atoms with E-state index in [2.05, 4.69) is 4.74 Å². The van der Waals surface area contributed by atoms with E-state index < -0.39 is 0 Å². The summed E-state index contributed by atoms with van der Waals surface area (Å²) < 4.78 is 10.1. The Labute approximate surface area is 84.7 Å². The molecule has 0 bridgehead atoms. The highest BCUT2D eigenvalue weighted by Crippen LogP contribution is 2.27. The van der Waals surface area contributed by atoms with E-state index in [1.165, 1.54) is 13.5 Å². The van der Waals surface area contributed by atoms with Crippen LogP contribution in [0.25, 0.3) is 0 Å². The van der Waals surface area contributed by atoms with Gasteiger partial charge in [-0.05, 0) is 25.3 Å². The first-order valence-corrected chi connectivity index (χ1v) is 5.16. The summed E-state index contributed by atoms with van der Waals surface area (Å²) in [7, 11) is 1.39. The fourth-order valence-corrected chi connectivity index (χ4v) is 1.89. The first kappa shape index (κ1) is 11.5. The largest absolute Gasteiger partial charge is 0.469 e. The van der Waals surface area contributed by atoms with Crippen molar-refractivity contribution in [3.63, 3.8) is 0 Å². The lowest BCUT2D eigenvalue weighted by atomic mass is 10.1. The lowest BCUT2D eigenvalue weighted by Crippen LogP contribution is -2.26. The minimum atomic E-state index is -0.215. The highest BCUT2D eigenvalue weighted by Gasteiger charge is 2.26. The third-order valence-electron chi connectivity index (χ3n) is 2.76. The normalized spacial score (nSPS) is 26.4. The zero-order chi connectivity index (χ0) is 10.4. The van der Waals surface area contributed by atoms with E-state index in [9.17, 15) is 4.79 Å². The number of hydrogen-bond donors (Lipinski definition) is 1. The Morgan fingerprint density at radius 1 is 1.50 bits per heavy atom. The van der Waals surface area contributed by atoms with Gasteiger partial charge >= 0.3 is 5.97 Å². The Morgan fingerprint density at radius 3 is 2.93 bits per heavy atom. The molecule has 14 heavy (non-hydrogen) atoms. The molecule has 1 aliphatic rings. The summed E-state index contributed by atoms with van der Waals surface area (Å²) in [5.74, 6) is 0.264. The number of hydrogen-bond acceptors (Lipinski definition) is 4. The smallest absolute Gasteiger partial charge is 0.307 e. The number of nitrogens with two attached hydrogens (primary N) is 1. The van der Waals surface area contributed by atoms with Gasteiger partial charge in [-0.25, -0.2) is 0 Å². The molecule has 2 N–H and O–H groups in total. The van der Waals surface area contributed by atoms with E-state index in [-0.39, 0.29) is 12.1 Å². The molecule has 1 aliphatic carbocycles. The molecule has 0 spiro atoms. The molecule has 4 heteroatoms. The minimum absolute atomic E-state index is 0.215. The fraction of sp³-hybridized carbons (Fsp3) is 0.900. The molecule has 0 aromatic carbocycles. The summed E-state index contributed by atoms with van der Waals surface area (Å²) in [6.07, 6.45) is 4.00. The average Bonchev–Trinajstić information content (AvgIpc) is 2.65. The van der Waals surface area contributed by atoms with Gasteiger partial charge in [-0.15, -0.1) is 0 Å². The van der Waals surface area contributed by atoms with Gasteiger partial charge in [0, 0.05) is 0 Å². The Kier molecular flexibility index (Phi) is 4.90. The van der Waals surface area contributed by atoms with Crippen molar-refractivity contribution in [2.24, 2.45) is 11.7 Å². The highest BCUT2D eigenvalue weighted by atomic mass is 16.5. The van der Waals surface area contributed by atoms with Gasteiger partial charge in [0.25, 0.3) is 0 Å². The number of esters is 1. The second-order valence-corrected chi connectivity index (χ2v) is 3.66. The number of methoxy groups -OCH3 is 1. The summed E-state index contributed by atoms with van der Waals surface area (Å²) in [4.78, 5) is 10.8. The molecule has 0 aliphatic heterocycles. The van der Waals surface area contributed by atoms with E-state index in [0.717, 1.165) is 12.8 Å². The SMILES string of the molecule is COC(=O)CCOC1CCCC1CN. The van der Waals surface area contributed by atoms with Gasteiger partial charge in [-0.2, -0.15) is 0 Å². The zero-order valence-corrected chi connectivity index (χ0v) is 8.70. The van der Waals surface area contributed by atoms with E-state index >= 15 is 0 Å². The van der Waals surface area contributed by atoms with Crippen LogP contribution in [0.1, 0.15) is 25.7 Å². The Bertz CT molecular complexity index is 184. The number of ether oxygens (including phenoxy) is 2. The molecule has 0 radical (unpaired) electrons. The van der Waals surface area contributed by atoms with Crippen LogP contribution in [0.2, 0.25) is 0 Å². The molecule has 0 heterocycles. The quantitative estimate of drug-likeness (QED) is 0.665. The van der Waals surface area contributed by atoms with Crippen molar-refractivity contribution in [3.05, 3.63) is 0 Å². The summed E-state index contributed by atoms with van der Waals surface area (Å²) in [5, 5.41) is 0. The second kappa shape index (κ2) is 5.98. The monoisotopic (exact) mass is 201 g/mol. The van der Waals surface area contributed by atoms with Crippen LogP contribution in [0.4, 0.5) is 0 Å². The summed E-state index contributed by atoms with van der Waals surface area (Å²) >= 11 is 0. The van der Waals surface area contributed by atoms with Gasteiger partial charge in [0.05, 0.1) is 26.2 Å². The molecular formula is C10H19NO3. The third kappa shape index (κ3) is 3.27. The maximum absolute atomic E-state index is 10.8. The number of carbonyl (C=O) groups is 1. The van der Waals surface area contributed by atoms with Crippen molar-refractivity contribution in [2.45, 2.75) is 31.8 Å². The van der Waals surface area contributed by atoms with Crippen LogP contribution in [0.3, 0.4) is 0 Å². The van der Waals surface area contributed by atoms with Crippen LogP contribution in [0.15, 0.2) is 0 Å². The minimum Gasteiger partial charge on any atom is -0.469 e. The van der Waals surface area contributed by atoms with Crippen LogP contribution in [-0.4, -0.2) is 32.3 Å². The molecule has 82 valence electrons. The summed E-state index contributed by atoms with van der Waals surface area (Å²) in [6.45, 7) is 1.14. The summed E-state index contributed by atoms with van der Waals surface area (Å²) in [5.41, 5.74) is 5.61. The lowest BCUT2D eigenvalue weighted by molar-refractivity contribution is -0.142. The molecule has 2 unspecified atom stereocenters. The summed E-state index contributed by atoms with van der Waals surface area (Å²) in [6, 6.07) is 0. The first-order chi connectivity index (χ1) is 6.77. The molecule has 0 aromatic rings. The molecule has 0 amide bonds. The van der Waals surface area contributed by atoms with Gasteiger partial charge in [0.1, 0.15) is 0 Å². The third-order valence-corrected chi connectivity index (χ3v) is 2.76. The lowest BCUT2D eigenvalue weighted by Gasteiger charge is -2.18. The van der Waals surface area contributed by atoms with Crippen molar-refractivity contribution < 1.29 is 14.3 Å². The van der Waals surface area contributed by atoms with Crippen LogP contribution >= 0.6 is 0 Å². The topological polar surface area (TPSA) is 61.5 Å². The Hall–Kier alpha value is -0.610. The predicted octanol–water partition coefficient (Wildman–Crippen LogP) is 0.694. The van der Waals surface area contributed by atoms with Crippen molar-refractivity contribution in [1.82, 2.24) is 0 Å². The number of rotatable bonds is 5. The van der Waals surface area contributed by atoms with Gasteiger partial charge in [0.2, 0.25) is 0 Å². The van der Waals surface area contributed by atoms with Crippen molar-refractivity contribution in [3.8, 4) is 0 Å². The van der Waals surface area contributed by atoms with E-state index in [0.29, 0.717) is 25.5 Å².